The molecule has 90 valence electrons. The molecule has 0 radical (unpaired) electrons. The Hall–Kier alpha value is 0.0600. The molecule has 2 N–H and O–H groups in total. The van der Waals surface area contributed by atoms with E-state index in [1.807, 2.05) is 0 Å². The summed E-state index contributed by atoms with van der Waals surface area (Å²) in [6.45, 7) is 1.69. The molecule has 1 fully saturated rings. The molecule has 1 rings (SSSR count). The molecule has 1 heterocycles. The second kappa shape index (κ2) is 5.41. The highest BCUT2D eigenvalue weighted by Crippen LogP contribution is 2.37. The van der Waals surface area contributed by atoms with Crippen molar-refractivity contribution in [2.45, 2.75) is 24.8 Å². The summed E-state index contributed by atoms with van der Waals surface area (Å²) in [5.41, 5.74) is 1.39. The minimum atomic E-state index is -4.12. The van der Waals surface area contributed by atoms with E-state index in [0.717, 1.165) is 12.8 Å². The van der Waals surface area contributed by atoms with Crippen molar-refractivity contribution >= 4 is 11.8 Å². The molecule has 0 spiro atoms. The van der Waals surface area contributed by atoms with Crippen molar-refractivity contribution in [3.05, 3.63) is 0 Å². The number of hydrogen-bond acceptors (Lipinski definition) is 3. The molecule has 1 saturated heterocycles. The van der Waals surface area contributed by atoms with E-state index in [1.165, 1.54) is 0 Å². The maximum Gasteiger partial charge on any atom is 0.441 e. The van der Waals surface area contributed by atoms with Gasteiger partial charge >= 0.3 is 5.51 Å². The summed E-state index contributed by atoms with van der Waals surface area (Å²) in [5.74, 6) is 0.0979. The molecule has 0 aromatic carbocycles. The van der Waals surface area contributed by atoms with Gasteiger partial charge in [-0.3, -0.25) is 0 Å². The number of thioether (sulfide) groups is 1. The third-order valence-corrected chi connectivity index (χ3v) is 3.62. The molecule has 1 aliphatic heterocycles. The summed E-state index contributed by atoms with van der Waals surface area (Å²) in [6.07, 6.45) is 2.08. The monoisotopic (exact) mass is 243 g/mol. The Kier molecular flexibility index (Phi) is 4.73. The van der Waals surface area contributed by atoms with Crippen molar-refractivity contribution in [3.8, 4) is 0 Å². The molecular formula is C9H16F3NOS. The van der Waals surface area contributed by atoms with Gasteiger partial charge in [0.15, 0.2) is 0 Å². The topological polar surface area (TPSA) is 35.2 Å². The van der Waals surface area contributed by atoms with Crippen LogP contribution in [0, 0.1) is 5.41 Å². The molecule has 0 aromatic heterocycles. The summed E-state index contributed by atoms with van der Waals surface area (Å²) < 4.78 is 41.0. The SMILES string of the molecule is NCC1(CCSC(F)(F)F)CCOCC1. The van der Waals surface area contributed by atoms with E-state index in [2.05, 4.69) is 0 Å². The number of hydrogen-bond donors (Lipinski definition) is 1. The van der Waals surface area contributed by atoms with Gasteiger partial charge in [0.2, 0.25) is 0 Å². The molecule has 0 aromatic rings. The molecule has 1 aliphatic rings. The van der Waals surface area contributed by atoms with Crippen molar-refractivity contribution < 1.29 is 17.9 Å². The first-order valence-corrected chi connectivity index (χ1v) is 5.95. The highest BCUT2D eigenvalue weighted by Gasteiger charge is 2.34. The fraction of sp³-hybridized carbons (Fsp3) is 1.00. The Morgan fingerprint density at radius 3 is 2.33 bits per heavy atom. The van der Waals surface area contributed by atoms with Crippen LogP contribution in [0.2, 0.25) is 0 Å². The standard InChI is InChI=1S/C9H16F3NOS/c10-9(11,12)15-6-3-8(7-13)1-4-14-5-2-8/h1-7,13H2. The molecule has 0 amide bonds. The lowest BCUT2D eigenvalue weighted by atomic mass is 9.78. The number of ether oxygens (including phenoxy) is 1. The predicted molar refractivity (Wildman–Crippen MR) is 54.7 cm³/mol. The number of nitrogens with two attached hydrogens (primary N) is 1. The molecular weight excluding hydrogens is 227 g/mol. The Morgan fingerprint density at radius 2 is 1.87 bits per heavy atom. The van der Waals surface area contributed by atoms with E-state index in [9.17, 15) is 13.2 Å². The fourth-order valence-electron chi connectivity index (χ4n) is 1.74. The van der Waals surface area contributed by atoms with Crippen molar-refractivity contribution in [2.24, 2.45) is 11.1 Å². The van der Waals surface area contributed by atoms with E-state index in [1.54, 1.807) is 0 Å². The lowest BCUT2D eigenvalue weighted by Gasteiger charge is -2.36. The van der Waals surface area contributed by atoms with Crippen molar-refractivity contribution in [1.29, 1.82) is 0 Å². The first-order valence-electron chi connectivity index (χ1n) is 4.96. The van der Waals surface area contributed by atoms with Crippen molar-refractivity contribution in [3.63, 3.8) is 0 Å². The minimum Gasteiger partial charge on any atom is -0.381 e. The number of halogens is 3. The number of rotatable bonds is 4. The zero-order valence-corrected chi connectivity index (χ0v) is 9.29. The molecule has 0 aliphatic carbocycles. The Balaban J connectivity index is 2.33. The zero-order chi connectivity index (χ0) is 11.4. The van der Waals surface area contributed by atoms with Gasteiger partial charge in [-0.2, -0.15) is 13.2 Å². The Labute approximate surface area is 91.7 Å². The Morgan fingerprint density at radius 1 is 1.27 bits per heavy atom. The quantitative estimate of drug-likeness (QED) is 0.823. The van der Waals surface area contributed by atoms with Crippen LogP contribution in [0.3, 0.4) is 0 Å². The van der Waals surface area contributed by atoms with Crippen LogP contribution in [-0.2, 0) is 4.74 Å². The summed E-state index contributed by atoms with van der Waals surface area (Å²) in [5, 5.41) is 0. The molecule has 15 heavy (non-hydrogen) atoms. The average molecular weight is 243 g/mol. The van der Waals surface area contributed by atoms with E-state index >= 15 is 0 Å². The average Bonchev–Trinajstić information content (AvgIpc) is 2.17. The van der Waals surface area contributed by atoms with E-state index < -0.39 is 5.51 Å². The van der Waals surface area contributed by atoms with Crippen LogP contribution in [0.5, 0.6) is 0 Å². The highest BCUT2D eigenvalue weighted by molar-refractivity contribution is 8.00. The van der Waals surface area contributed by atoms with Gasteiger partial charge in [-0.25, -0.2) is 0 Å². The summed E-state index contributed by atoms with van der Waals surface area (Å²) in [7, 11) is 0. The molecule has 0 bridgehead atoms. The smallest absolute Gasteiger partial charge is 0.381 e. The highest BCUT2D eigenvalue weighted by atomic mass is 32.2. The van der Waals surface area contributed by atoms with Crippen molar-refractivity contribution in [2.75, 3.05) is 25.5 Å². The van der Waals surface area contributed by atoms with Crippen LogP contribution in [-0.4, -0.2) is 31.0 Å². The van der Waals surface area contributed by atoms with Gasteiger partial charge < -0.3 is 10.5 Å². The second-order valence-corrected chi connectivity index (χ2v) is 5.02. The van der Waals surface area contributed by atoms with Crippen LogP contribution in [0.25, 0.3) is 0 Å². The third-order valence-electron chi connectivity index (χ3n) is 2.88. The molecule has 2 nitrogen and oxygen atoms in total. The minimum absolute atomic E-state index is 0.0448. The second-order valence-electron chi connectivity index (χ2n) is 3.86. The van der Waals surface area contributed by atoms with Crippen LogP contribution in [0.4, 0.5) is 13.2 Å². The normalized spacial score (nSPS) is 21.6. The summed E-state index contributed by atoms with van der Waals surface area (Å²) >= 11 is 0.0448. The fourth-order valence-corrected chi connectivity index (χ4v) is 2.51. The third kappa shape index (κ3) is 4.61. The number of alkyl halides is 3. The molecule has 0 saturated carbocycles. The van der Waals surface area contributed by atoms with E-state index in [4.69, 9.17) is 10.5 Å². The largest absolute Gasteiger partial charge is 0.441 e. The summed E-state index contributed by atoms with van der Waals surface area (Å²) in [6, 6.07) is 0. The molecule has 6 heteroatoms. The van der Waals surface area contributed by atoms with E-state index in [0.29, 0.717) is 26.2 Å². The first kappa shape index (κ1) is 13.1. The lowest BCUT2D eigenvalue weighted by molar-refractivity contribution is -0.0332. The van der Waals surface area contributed by atoms with Gasteiger partial charge in [-0.15, -0.1) is 0 Å². The van der Waals surface area contributed by atoms with Crippen LogP contribution in [0.15, 0.2) is 0 Å². The molecule has 0 atom stereocenters. The lowest BCUT2D eigenvalue weighted by Crippen LogP contribution is -2.37. The molecule has 0 unspecified atom stereocenters. The van der Waals surface area contributed by atoms with Crippen molar-refractivity contribution in [1.82, 2.24) is 0 Å². The van der Waals surface area contributed by atoms with Crippen LogP contribution >= 0.6 is 11.8 Å². The Bertz CT molecular complexity index is 192. The van der Waals surface area contributed by atoms with Gasteiger partial charge in [-0.1, -0.05) is 11.8 Å². The van der Waals surface area contributed by atoms with E-state index in [-0.39, 0.29) is 22.9 Å². The van der Waals surface area contributed by atoms with Crippen LogP contribution in [0.1, 0.15) is 19.3 Å². The van der Waals surface area contributed by atoms with Gasteiger partial charge in [0.1, 0.15) is 0 Å². The van der Waals surface area contributed by atoms with Gasteiger partial charge in [0.25, 0.3) is 0 Å². The van der Waals surface area contributed by atoms with Gasteiger partial charge in [0, 0.05) is 19.0 Å². The first-order chi connectivity index (χ1) is 6.97. The maximum absolute atomic E-state index is 11.9. The predicted octanol–water partition coefficient (Wildman–Crippen LogP) is 2.39. The van der Waals surface area contributed by atoms with Crippen LogP contribution < -0.4 is 5.73 Å². The zero-order valence-electron chi connectivity index (χ0n) is 8.48. The summed E-state index contributed by atoms with van der Waals surface area (Å²) in [4.78, 5) is 0. The van der Waals surface area contributed by atoms with Gasteiger partial charge in [-0.05, 0) is 31.2 Å². The maximum atomic E-state index is 11.9. The van der Waals surface area contributed by atoms with Gasteiger partial charge in [0.05, 0.1) is 0 Å².